The Balaban J connectivity index is 1.66. The molecule has 4 heterocycles. The fraction of sp³-hybridized carbons (Fsp3) is 0.273. The summed E-state index contributed by atoms with van der Waals surface area (Å²) in [5.41, 5.74) is 10.7. The maximum absolute atomic E-state index is 13.1. The summed E-state index contributed by atoms with van der Waals surface area (Å²) in [6, 6.07) is 7.77. The average molecular weight is 399 g/mol. The topological polar surface area (TPSA) is 114 Å². The van der Waals surface area contributed by atoms with Crippen LogP contribution in [0.5, 0.6) is 0 Å². The third kappa shape index (κ3) is 2.91. The predicted molar refractivity (Wildman–Crippen MR) is 115 cm³/mol. The zero-order chi connectivity index (χ0) is 20.8. The number of hydrogen-bond donors (Lipinski definition) is 2. The number of aryl methyl sites for hydroxylation is 1. The van der Waals surface area contributed by atoms with Crippen LogP contribution in [0.1, 0.15) is 30.1 Å². The number of rotatable bonds is 2. The Kier molecular flexibility index (Phi) is 4.26. The van der Waals surface area contributed by atoms with Crippen LogP contribution in [0.25, 0.3) is 27.7 Å². The standard InChI is InChI=1S/C22H21N7O/c1-13-10-28-11-16(6-15(9-23)21(28)27-13)14-7-18(24)20-19(8-14)26-12-29(22(20)30)17-2-4-25-5-3-17/h6-8,10-12,17,25H,2-5,24H2,1H3. The minimum atomic E-state index is -0.102. The summed E-state index contributed by atoms with van der Waals surface area (Å²) in [5, 5.41) is 13.3. The number of nitrogen functional groups attached to an aromatic ring is 1. The van der Waals surface area contributed by atoms with Gasteiger partial charge in [-0.3, -0.25) is 9.36 Å². The Labute approximate surface area is 172 Å². The van der Waals surface area contributed by atoms with E-state index in [1.54, 1.807) is 23.0 Å². The molecule has 0 bridgehead atoms. The third-order valence-electron chi connectivity index (χ3n) is 5.75. The van der Waals surface area contributed by atoms with E-state index >= 15 is 0 Å². The van der Waals surface area contributed by atoms with E-state index in [4.69, 9.17) is 5.73 Å². The maximum Gasteiger partial charge on any atom is 0.263 e. The number of fused-ring (bicyclic) bond motifs is 2. The lowest BCUT2D eigenvalue weighted by atomic mass is 10.0. The summed E-state index contributed by atoms with van der Waals surface area (Å²) in [5.74, 6) is 0. The first-order valence-electron chi connectivity index (χ1n) is 9.96. The summed E-state index contributed by atoms with van der Waals surface area (Å²) >= 11 is 0. The lowest BCUT2D eigenvalue weighted by Crippen LogP contribution is -2.34. The third-order valence-corrected chi connectivity index (χ3v) is 5.75. The van der Waals surface area contributed by atoms with Crippen molar-refractivity contribution in [2.24, 2.45) is 0 Å². The van der Waals surface area contributed by atoms with Crippen LogP contribution >= 0.6 is 0 Å². The number of imidazole rings is 1. The molecule has 1 fully saturated rings. The number of anilines is 1. The van der Waals surface area contributed by atoms with Crippen LogP contribution in [0.15, 0.2) is 41.7 Å². The molecule has 1 aliphatic heterocycles. The second-order valence-corrected chi connectivity index (χ2v) is 7.77. The fourth-order valence-corrected chi connectivity index (χ4v) is 4.26. The minimum Gasteiger partial charge on any atom is -0.398 e. The number of pyridine rings is 1. The number of piperidine rings is 1. The van der Waals surface area contributed by atoms with Gasteiger partial charge >= 0.3 is 0 Å². The number of aromatic nitrogens is 4. The van der Waals surface area contributed by atoms with Gasteiger partial charge in [0.05, 0.1) is 28.5 Å². The molecule has 0 saturated carbocycles. The first-order valence-corrected chi connectivity index (χ1v) is 9.96. The van der Waals surface area contributed by atoms with Crippen molar-refractivity contribution >= 4 is 22.2 Å². The zero-order valence-electron chi connectivity index (χ0n) is 16.6. The van der Waals surface area contributed by atoms with E-state index in [-0.39, 0.29) is 11.6 Å². The highest BCUT2D eigenvalue weighted by atomic mass is 16.1. The van der Waals surface area contributed by atoms with Crippen LogP contribution in [0.3, 0.4) is 0 Å². The molecule has 0 radical (unpaired) electrons. The van der Waals surface area contributed by atoms with Gasteiger partial charge in [0.15, 0.2) is 5.65 Å². The molecule has 1 saturated heterocycles. The highest BCUT2D eigenvalue weighted by molar-refractivity contribution is 5.94. The van der Waals surface area contributed by atoms with Gasteiger partial charge in [-0.2, -0.15) is 5.26 Å². The van der Waals surface area contributed by atoms with Gasteiger partial charge in [0.1, 0.15) is 6.07 Å². The van der Waals surface area contributed by atoms with E-state index in [0.29, 0.717) is 27.8 Å². The van der Waals surface area contributed by atoms with Gasteiger partial charge in [-0.05, 0) is 62.2 Å². The number of nitrogens with two attached hydrogens (primary N) is 1. The van der Waals surface area contributed by atoms with Gasteiger partial charge < -0.3 is 15.5 Å². The molecule has 5 rings (SSSR count). The maximum atomic E-state index is 13.1. The van der Waals surface area contributed by atoms with Crippen LogP contribution in [-0.4, -0.2) is 32.0 Å². The number of nitriles is 1. The Morgan fingerprint density at radius 3 is 2.77 bits per heavy atom. The Hall–Kier alpha value is -3.70. The molecule has 8 nitrogen and oxygen atoms in total. The molecular formula is C22H21N7O. The summed E-state index contributed by atoms with van der Waals surface area (Å²) in [6.07, 6.45) is 7.21. The molecule has 1 aliphatic rings. The van der Waals surface area contributed by atoms with Crippen molar-refractivity contribution in [3.05, 3.63) is 58.5 Å². The Morgan fingerprint density at radius 1 is 1.20 bits per heavy atom. The lowest BCUT2D eigenvalue weighted by molar-refractivity contribution is 0.359. The molecule has 3 aromatic heterocycles. The van der Waals surface area contributed by atoms with Gasteiger partial charge in [0.2, 0.25) is 0 Å². The van der Waals surface area contributed by atoms with Crippen molar-refractivity contribution in [2.75, 3.05) is 18.8 Å². The van der Waals surface area contributed by atoms with Crippen molar-refractivity contribution in [1.29, 1.82) is 5.26 Å². The molecule has 8 heteroatoms. The highest BCUT2D eigenvalue weighted by Gasteiger charge is 2.19. The summed E-state index contributed by atoms with van der Waals surface area (Å²) < 4.78 is 3.56. The van der Waals surface area contributed by atoms with Crippen LogP contribution in [0.4, 0.5) is 5.69 Å². The van der Waals surface area contributed by atoms with Gasteiger partial charge in [0, 0.05) is 24.1 Å². The predicted octanol–water partition coefficient (Wildman–Crippen LogP) is 2.40. The average Bonchev–Trinajstić information content (AvgIpc) is 3.13. The van der Waals surface area contributed by atoms with E-state index in [9.17, 15) is 10.1 Å². The largest absolute Gasteiger partial charge is 0.398 e. The minimum absolute atomic E-state index is 0.102. The van der Waals surface area contributed by atoms with Crippen molar-refractivity contribution in [3.63, 3.8) is 0 Å². The van der Waals surface area contributed by atoms with Crippen molar-refractivity contribution in [3.8, 4) is 17.2 Å². The second-order valence-electron chi connectivity index (χ2n) is 7.77. The molecule has 0 amide bonds. The van der Waals surface area contributed by atoms with E-state index in [2.05, 4.69) is 21.4 Å². The Morgan fingerprint density at radius 2 is 2.00 bits per heavy atom. The molecule has 0 spiro atoms. The summed E-state index contributed by atoms with van der Waals surface area (Å²) in [7, 11) is 0. The second kappa shape index (κ2) is 6.97. The first kappa shape index (κ1) is 18.3. The molecule has 0 unspecified atom stereocenters. The van der Waals surface area contributed by atoms with Gasteiger partial charge in [0.25, 0.3) is 5.56 Å². The Bertz CT molecular complexity index is 1390. The van der Waals surface area contributed by atoms with Crippen molar-refractivity contribution < 1.29 is 0 Å². The van der Waals surface area contributed by atoms with Crippen molar-refractivity contribution in [1.82, 2.24) is 24.3 Å². The van der Waals surface area contributed by atoms with E-state index < -0.39 is 0 Å². The van der Waals surface area contributed by atoms with Gasteiger partial charge in [-0.15, -0.1) is 0 Å². The number of nitrogens with zero attached hydrogens (tertiary/aromatic N) is 5. The van der Waals surface area contributed by atoms with E-state index in [0.717, 1.165) is 42.8 Å². The molecule has 4 aromatic rings. The van der Waals surface area contributed by atoms with Gasteiger partial charge in [-0.25, -0.2) is 9.97 Å². The van der Waals surface area contributed by atoms with Gasteiger partial charge in [-0.1, -0.05) is 0 Å². The van der Waals surface area contributed by atoms with Crippen LogP contribution in [-0.2, 0) is 0 Å². The van der Waals surface area contributed by atoms with Crippen LogP contribution in [0, 0.1) is 18.3 Å². The highest BCUT2D eigenvalue weighted by Crippen LogP contribution is 2.29. The first-order chi connectivity index (χ1) is 14.5. The van der Waals surface area contributed by atoms with E-state index in [1.165, 1.54) is 0 Å². The molecule has 0 atom stereocenters. The number of benzene rings is 1. The molecule has 150 valence electrons. The molecule has 0 aliphatic carbocycles. The normalized spacial score (nSPS) is 14.9. The quantitative estimate of drug-likeness (QED) is 0.500. The smallest absolute Gasteiger partial charge is 0.263 e. The monoisotopic (exact) mass is 399 g/mol. The molecule has 30 heavy (non-hydrogen) atoms. The zero-order valence-corrected chi connectivity index (χ0v) is 16.6. The van der Waals surface area contributed by atoms with Crippen molar-refractivity contribution in [2.45, 2.75) is 25.8 Å². The molecule has 1 aromatic carbocycles. The molecule has 3 N–H and O–H groups in total. The lowest BCUT2D eigenvalue weighted by Gasteiger charge is -2.24. The van der Waals surface area contributed by atoms with E-state index in [1.807, 2.05) is 29.8 Å². The summed E-state index contributed by atoms with van der Waals surface area (Å²) in [6.45, 7) is 3.67. The SMILES string of the molecule is Cc1cn2cc(-c3cc(N)c4c(=O)n(C5CCNCC5)cnc4c3)cc(C#N)c2n1. The van der Waals surface area contributed by atoms with Crippen LogP contribution < -0.4 is 16.6 Å². The fourth-order valence-electron chi connectivity index (χ4n) is 4.26. The number of nitrogens with one attached hydrogen (secondary N) is 1. The molecular weight excluding hydrogens is 378 g/mol. The number of hydrogen-bond acceptors (Lipinski definition) is 6. The summed E-state index contributed by atoms with van der Waals surface area (Å²) in [4.78, 5) is 22.1. The van der Waals surface area contributed by atoms with Crippen LogP contribution in [0.2, 0.25) is 0 Å².